The number of methoxy groups -OCH3 is 1. The Hall–Kier alpha value is -2.50. The summed E-state index contributed by atoms with van der Waals surface area (Å²) in [5, 5.41) is 9.77. The van der Waals surface area contributed by atoms with Gasteiger partial charge in [-0.3, -0.25) is 0 Å². The molecule has 27 heavy (non-hydrogen) atoms. The summed E-state index contributed by atoms with van der Waals surface area (Å²) in [6.07, 6.45) is 0.483. The van der Waals surface area contributed by atoms with Gasteiger partial charge < -0.3 is 9.47 Å². The van der Waals surface area contributed by atoms with Gasteiger partial charge >= 0.3 is 0 Å². The second kappa shape index (κ2) is 6.59. The number of para-hydroxylation sites is 1. The molecule has 136 valence electrons. The molecule has 5 rings (SSSR count). The van der Waals surface area contributed by atoms with E-state index in [1.54, 1.807) is 18.4 Å². The summed E-state index contributed by atoms with van der Waals surface area (Å²) in [7, 11) is 1.67. The number of thiophene rings is 1. The molecule has 2 unspecified atom stereocenters. The van der Waals surface area contributed by atoms with Gasteiger partial charge in [-0.15, -0.1) is 11.3 Å². The van der Waals surface area contributed by atoms with Crippen LogP contribution in [0.2, 0.25) is 5.02 Å². The second-order valence-electron chi connectivity index (χ2n) is 6.53. The molecule has 2 aliphatic heterocycles. The Morgan fingerprint density at radius 1 is 1.19 bits per heavy atom. The van der Waals surface area contributed by atoms with Crippen molar-refractivity contribution in [2.75, 3.05) is 7.11 Å². The van der Waals surface area contributed by atoms with Gasteiger partial charge in [0.05, 0.1) is 23.7 Å². The van der Waals surface area contributed by atoms with Crippen molar-refractivity contribution in [2.24, 2.45) is 5.10 Å². The van der Waals surface area contributed by atoms with Gasteiger partial charge in [0.15, 0.2) is 11.5 Å². The highest BCUT2D eigenvalue weighted by atomic mass is 35.5. The van der Waals surface area contributed by atoms with Gasteiger partial charge in [-0.1, -0.05) is 41.9 Å². The number of ether oxygens (including phenoxy) is 2. The Bertz CT molecular complexity index is 1020. The zero-order chi connectivity index (χ0) is 18.4. The first-order valence-corrected chi connectivity index (χ1v) is 9.99. The van der Waals surface area contributed by atoms with Crippen LogP contribution in [0.3, 0.4) is 0 Å². The van der Waals surface area contributed by atoms with E-state index in [9.17, 15) is 0 Å². The van der Waals surface area contributed by atoms with Crippen LogP contribution >= 0.6 is 22.9 Å². The lowest BCUT2D eigenvalue weighted by atomic mass is 9.97. The van der Waals surface area contributed by atoms with E-state index >= 15 is 0 Å². The molecule has 0 N–H and O–H groups in total. The number of halogens is 1. The number of hydrogen-bond donors (Lipinski definition) is 0. The fourth-order valence-corrected chi connectivity index (χ4v) is 4.64. The molecule has 0 fully saturated rings. The van der Waals surface area contributed by atoms with Gasteiger partial charge in [0, 0.05) is 22.6 Å². The number of fused-ring (bicyclic) bond motifs is 3. The third kappa shape index (κ3) is 2.78. The molecule has 2 atom stereocenters. The minimum atomic E-state index is -0.352. The summed E-state index contributed by atoms with van der Waals surface area (Å²) in [5.41, 5.74) is 3.16. The molecule has 4 nitrogen and oxygen atoms in total. The molecule has 0 aliphatic carbocycles. The standard InChI is InChI=1S/C21H17ClN2O2S/c1-25-18-8-3-7-15-17-12-16(19-9-4-10-27-19)23-24(17)21(26-20(15)18)13-5-2-6-14(22)11-13/h2-11,17,21H,12H2,1H3. The molecule has 0 radical (unpaired) electrons. The van der Waals surface area contributed by atoms with Crippen LogP contribution in [0.25, 0.3) is 0 Å². The normalized spacial score (nSPS) is 20.5. The van der Waals surface area contributed by atoms with Gasteiger partial charge in [0.1, 0.15) is 0 Å². The van der Waals surface area contributed by atoms with Crippen molar-refractivity contribution in [3.8, 4) is 11.5 Å². The van der Waals surface area contributed by atoms with Gasteiger partial charge in [-0.05, 0) is 29.6 Å². The quantitative estimate of drug-likeness (QED) is 0.573. The zero-order valence-corrected chi connectivity index (χ0v) is 16.2. The summed E-state index contributed by atoms with van der Waals surface area (Å²) in [4.78, 5) is 1.19. The lowest BCUT2D eigenvalue weighted by Crippen LogP contribution is -2.33. The lowest BCUT2D eigenvalue weighted by molar-refractivity contribution is -0.0208. The molecule has 0 amide bonds. The van der Waals surface area contributed by atoms with E-state index in [-0.39, 0.29) is 12.3 Å². The van der Waals surface area contributed by atoms with E-state index in [4.69, 9.17) is 26.2 Å². The molecule has 3 heterocycles. The van der Waals surface area contributed by atoms with Crippen LogP contribution in [0, 0.1) is 0 Å². The SMILES string of the molecule is COc1cccc2c1OC(c1cccc(Cl)c1)N1N=C(c3cccs3)CC21. The topological polar surface area (TPSA) is 34.1 Å². The highest BCUT2D eigenvalue weighted by molar-refractivity contribution is 7.12. The molecule has 3 aromatic rings. The maximum atomic E-state index is 6.41. The minimum absolute atomic E-state index is 0.102. The second-order valence-corrected chi connectivity index (χ2v) is 7.91. The summed E-state index contributed by atoms with van der Waals surface area (Å²) in [6, 6.07) is 18.1. The predicted molar refractivity (Wildman–Crippen MR) is 108 cm³/mol. The molecular formula is C21H17ClN2O2S. The van der Waals surface area contributed by atoms with E-state index in [2.05, 4.69) is 28.6 Å². The molecule has 2 aliphatic rings. The molecule has 2 aromatic carbocycles. The van der Waals surface area contributed by atoms with Crippen molar-refractivity contribution < 1.29 is 9.47 Å². The Balaban J connectivity index is 1.64. The third-order valence-corrected chi connectivity index (χ3v) is 6.09. The fraction of sp³-hybridized carbons (Fsp3) is 0.190. The highest BCUT2D eigenvalue weighted by Gasteiger charge is 2.42. The molecule has 1 aromatic heterocycles. The minimum Gasteiger partial charge on any atom is -0.493 e. The fourth-order valence-electron chi connectivity index (χ4n) is 3.72. The Kier molecular flexibility index (Phi) is 4.06. The largest absolute Gasteiger partial charge is 0.493 e. The maximum absolute atomic E-state index is 6.41. The molecule has 0 spiro atoms. The monoisotopic (exact) mass is 396 g/mol. The van der Waals surface area contributed by atoms with Crippen LogP contribution in [0.5, 0.6) is 11.5 Å². The number of benzene rings is 2. The van der Waals surface area contributed by atoms with Crippen LogP contribution in [0.15, 0.2) is 65.1 Å². The maximum Gasteiger partial charge on any atom is 0.214 e. The summed E-state index contributed by atoms with van der Waals surface area (Å²) < 4.78 is 12.0. The smallest absolute Gasteiger partial charge is 0.214 e. The molecule has 0 saturated heterocycles. The van der Waals surface area contributed by atoms with Crippen LogP contribution < -0.4 is 9.47 Å². The highest BCUT2D eigenvalue weighted by Crippen LogP contribution is 2.50. The van der Waals surface area contributed by atoms with E-state index in [0.29, 0.717) is 5.02 Å². The summed E-state index contributed by atoms with van der Waals surface area (Å²) in [5.74, 6) is 1.53. The van der Waals surface area contributed by atoms with Crippen molar-refractivity contribution in [1.82, 2.24) is 5.01 Å². The average molecular weight is 397 g/mol. The van der Waals surface area contributed by atoms with Gasteiger partial charge in [0.25, 0.3) is 0 Å². The number of nitrogens with zero attached hydrogens (tertiary/aromatic N) is 2. The van der Waals surface area contributed by atoms with Crippen molar-refractivity contribution in [3.63, 3.8) is 0 Å². The first-order valence-electron chi connectivity index (χ1n) is 8.73. The number of hydrogen-bond acceptors (Lipinski definition) is 5. The zero-order valence-electron chi connectivity index (χ0n) is 14.6. The van der Waals surface area contributed by atoms with Gasteiger partial charge in [-0.2, -0.15) is 5.10 Å². The first kappa shape index (κ1) is 16.7. The lowest BCUT2D eigenvalue weighted by Gasteiger charge is -2.38. The van der Waals surface area contributed by atoms with E-state index in [0.717, 1.165) is 34.8 Å². The number of hydrazone groups is 1. The summed E-state index contributed by atoms with van der Waals surface area (Å²) >= 11 is 7.95. The van der Waals surface area contributed by atoms with Crippen LogP contribution in [-0.4, -0.2) is 17.8 Å². The summed E-state index contributed by atoms with van der Waals surface area (Å²) in [6.45, 7) is 0. The van der Waals surface area contributed by atoms with Crippen LogP contribution in [0.1, 0.15) is 34.7 Å². The van der Waals surface area contributed by atoms with Crippen molar-refractivity contribution in [3.05, 3.63) is 81.0 Å². The van der Waals surface area contributed by atoms with E-state index in [1.807, 2.05) is 36.4 Å². The molecule has 0 bridgehead atoms. The predicted octanol–water partition coefficient (Wildman–Crippen LogP) is 5.65. The molecule has 0 saturated carbocycles. The number of rotatable bonds is 3. The Labute approximate surface area is 166 Å². The van der Waals surface area contributed by atoms with Crippen LogP contribution in [-0.2, 0) is 0 Å². The average Bonchev–Trinajstić information content (AvgIpc) is 3.36. The van der Waals surface area contributed by atoms with Crippen molar-refractivity contribution in [1.29, 1.82) is 0 Å². The third-order valence-electron chi connectivity index (χ3n) is 4.94. The van der Waals surface area contributed by atoms with Crippen molar-refractivity contribution in [2.45, 2.75) is 18.7 Å². The van der Waals surface area contributed by atoms with Crippen molar-refractivity contribution >= 4 is 28.6 Å². The van der Waals surface area contributed by atoms with E-state index in [1.165, 1.54) is 4.88 Å². The van der Waals surface area contributed by atoms with Gasteiger partial charge in [0.2, 0.25) is 6.23 Å². The Morgan fingerprint density at radius 3 is 2.85 bits per heavy atom. The van der Waals surface area contributed by atoms with Gasteiger partial charge in [-0.25, -0.2) is 5.01 Å². The van der Waals surface area contributed by atoms with Crippen LogP contribution in [0.4, 0.5) is 0 Å². The molecule has 6 heteroatoms. The first-order chi connectivity index (χ1) is 13.2. The van der Waals surface area contributed by atoms with E-state index < -0.39 is 0 Å². The Morgan fingerprint density at radius 2 is 2.07 bits per heavy atom. The molecular weight excluding hydrogens is 380 g/mol.